The van der Waals surface area contributed by atoms with Crippen molar-refractivity contribution in [1.82, 2.24) is 0 Å². The van der Waals surface area contributed by atoms with E-state index in [1.165, 1.54) is 32.2 Å². The number of carbonyl (C=O) groups is 2. The van der Waals surface area contributed by atoms with Gasteiger partial charge < -0.3 is 15.0 Å². The monoisotopic (exact) mass is 234 g/mol. The molecule has 0 fully saturated rings. The molecule has 88 valence electrons. The second-order valence-electron chi connectivity index (χ2n) is 3.07. The minimum absolute atomic E-state index is 0.220. The fourth-order valence-corrected chi connectivity index (χ4v) is 1.19. The number of rotatable bonds is 4. The summed E-state index contributed by atoms with van der Waals surface area (Å²) in [6.45, 7) is 1.26. The van der Waals surface area contributed by atoms with Gasteiger partial charge in [-0.3, -0.25) is 9.59 Å². The topological polar surface area (TPSA) is 89.0 Å². The number of methoxy groups -OCH3 is 1. The van der Waals surface area contributed by atoms with Crippen LogP contribution in [0.25, 0.3) is 5.53 Å². The standard InChI is InChI=1S/C11H10N2O4/c1-7(14)17-10-4-3-8(5-11(10)16-2)9(15)6-13-12/h3-6H,1-2H3. The molecule has 0 heterocycles. The van der Waals surface area contributed by atoms with E-state index in [0.717, 1.165) is 6.21 Å². The zero-order valence-electron chi connectivity index (χ0n) is 9.34. The molecular weight excluding hydrogens is 224 g/mol. The van der Waals surface area contributed by atoms with Crippen LogP contribution in [0.3, 0.4) is 0 Å². The number of Topliss-reactive ketones (excluding diaryl/α,β-unsaturated/α-hetero) is 1. The summed E-state index contributed by atoms with van der Waals surface area (Å²) in [4.78, 5) is 24.8. The first kappa shape index (κ1) is 12.6. The van der Waals surface area contributed by atoms with E-state index in [2.05, 4.69) is 4.79 Å². The Hall–Kier alpha value is -2.46. The number of ether oxygens (including phenoxy) is 2. The van der Waals surface area contributed by atoms with Gasteiger partial charge in [-0.2, -0.15) is 4.79 Å². The minimum atomic E-state index is -0.487. The number of esters is 1. The van der Waals surface area contributed by atoms with Gasteiger partial charge in [0.25, 0.3) is 5.78 Å². The molecule has 0 N–H and O–H groups in total. The van der Waals surface area contributed by atoms with E-state index >= 15 is 0 Å². The van der Waals surface area contributed by atoms with Gasteiger partial charge in [0.15, 0.2) is 11.5 Å². The van der Waals surface area contributed by atoms with Crippen LogP contribution in [0.2, 0.25) is 0 Å². The van der Waals surface area contributed by atoms with Crippen molar-refractivity contribution in [2.24, 2.45) is 0 Å². The highest BCUT2D eigenvalue weighted by Gasteiger charge is 2.13. The molecule has 0 atom stereocenters. The Morgan fingerprint density at radius 2 is 2.06 bits per heavy atom. The predicted octanol–water partition coefficient (Wildman–Crippen LogP) is 1.10. The van der Waals surface area contributed by atoms with Gasteiger partial charge in [0.1, 0.15) is 0 Å². The van der Waals surface area contributed by atoms with Crippen molar-refractivity contribution < 1.29 is 23.9 Å². The smallest absolute Gasteiger partial charge is 0.328 e. The number of carbonyl (C=O) groups excluding carboxylic acids is 2. The Morgan fingerprint density at radius 1 is 1.35 bits per heavy atom. The van der Waals surface area contributed by atoms with Crippen molar-refractivity contribution >= 4 is 18.0 Å². The van der Waals surface area contributed by atoms with Crippen LogP contribution in [-0.2, 0) is 4.79 Å². The van der Waals surface area contributed by atoms with Crippen LogP contribution in [-0.4, -0.2) is 29.9 Å². The number of hydrogen-bond acceptors (Lipinski definition) is 4. The third-order valence-corrected chi connectivity index (χ3v) is 1.88. The molecule has 1 aromatic carbocycles. The van der Waals surface area contributed by atoms with E-state index in [4.69, 9.17) is 15.0 Å². The fourth-order valence-electron chi connectivity index (χ4n) is 1.19. The van der Waals surface area contributed by atoms with Crippen LogP contribution in [0.1, 0.15) is 17.3 Å². The zero-order chi connectivity index (χ0) is 12.8. The number of benzene rings is 1. The molecule has 17 heavy (non-hydrogen) atoms. The second-order valence-corrected chi connectivity index (χ2v) is 3.07. The molecule has 0 aliphatic heterocycles. The first-order chi connectivity index (χ1) is 8.08. The third-order valence-electron chi connectivity index (χ3n) is 1.88. The van der Waals surface area contributed by atoms with Gasteiger partial charge in [-0.15, -0.1) is 0 Å². The number of nitrogens with zero attached hydrogens (tertiary/aromatic N) is 2. The van der Waals surface area contributed by atoms with Crippen LogP contribution < -0.4 is 9.47 Å². The maximum Gasteiger partial charge on any atom is 0.328 e. The van der Waals surface area contributed by atoms with E-state index in [1.54, 1.807) is 0 Å². The maximum atomic E-state index is 11.4. The molecule has 1 rings (SSSR count). The van der Waals surface area contributed by atoms with Crippen molar-refractivity contribution in [3.05, 3.63) is 29.3 Å². The quantitative estimate of drug-likeness (QED) is 0.195. The van der Waals surface area contributed by atoms with Gasteiger partial charge >= 0.3 is 12.2 Å². The van der Waals surface area contributed by atoms with Crippen molar-refractivity contribution in [3.8, 4) is 11.5 Å². The first-order valence-corrected chi connectivity index (χ1v) is 4.66. The fraction of sp³-hybridized carbons (Fsp3) is 0.182. The van der Waals surface area contributed by atoms with E-state index in [-0.39, 0.29) is 17.1 Å². The maximum absolute atomic E-state index is 11.4. The molecule has 0 spiro atoms. The predicted molar refractivity (Wildman–Crippen MR) is 58.3 cm³/mol. The summed E-state index contributed by atoms with van der Waals surface area (Å²) >= 11 is 0. The van der Waals surface area contributed by atoms with Crippen molar-refractivity contribution in [2.45, 2.75) is 6.92 Å². The molecule has 0 aliphatic carbocycles. The highest BCUT2D eigenvalue weighted by atomic mass is 16.6. The van der Waals surface area contributed by atoms with Crippen LogP contribution in [0.4, 0.5) is 0 Å². The average Bonchev–Trinajstić information content (AvgIpc) is 2.29. The Balaban J connectivity index is 3.12. The number of ketones is 1. The molecule has 0 saturated carbocycles. The lowest BCUT2D eigenvalue weighted by atomic mass is 10.1. The lowest BCUT2D eigenvalue weighted by Gasteiger charge is -2.08. The van der Waals surface area contributed by atoms with E-state index < -0.39 is 11.8 Å². The van der Waals surface area contributed by atoms with Gasteiger partial charge in [-0.1, -0.05) is 0 Å². The Morgan fingerprint density at radius 3 is 2.59 bits per heavy atom. The summed E-state index contributed by atoms with van der Waals surface area (Å²) in [6.07, 6.45) is 0.764. The zero-order valence-corrected chi connectivity index (χ0v) is 9.34. The summed E-state index contributed by atoms with van der Waals surface area (Å²) < 4.78 is 9.85. The first-order valence-electron chi connectivity index (χ1n) is 4.66. The SMILES string of the molecule is COc1cc(C(=O)C=[N+]=[N-])ccc1OC(C)=O. The summed E-state index contributed by atoms with van der Waals surface area (Å²) in [5.41, 5.74) is 8.51. The highest BCUT2D eigenvalue weighted by Crippen LogP contribution is 2.28. The molecule has 0 amide bonds. The molecule has 1 aromatic rings. The normalized spacial score (nSPS) is 9.06. The van der Waals surface area contributed by atoms with Gasteiger partial charge in [-0.25, -0.2) is 0 Å². The van der Waals surface area contributed by atoms with Crippen molar-refractivity contribution in [3.63, 3.8) is 0 Å². The average molecular weight is 234 g/mol. The van der Waals surface area contributed by atoms with Crippen LogP contribution >= 0.6 is 0 Å². The van der Waals surface area contributed by atoms with Crippen LogP contribution in [0, 0.1) is 0 Å². The molecule has 0 aliphatic rings. The van der Waals surface area contributed by atoms with Gasteiger partial charge in [0, 0.05) is 12.5 Å². The molecular formula is C11H10N2O4. The third kappa shape index (κ3) is 3.25. The Bertz CT molecular complexity index is 504. The summed E-state index contributed by atoms with van der Waals surface area (Å²) in [6, 6.07) is 4.26. The van der Waals surface area contributed by atoms with Crippen molar-refractivity contribution in [2.75, 3.05) is 7.11 Å². The van der Waals surface area contributed by atoms with Crippen molar-refractivity contribution in [1.29, 1.82) is 0 Å². The molecule has 6 heteroatoms. The molecule has 0 saturated heterocycles. The highest BCUT2D eigenvalue weighted by molar-refractivity contribution is 6.33. The Labute approximate surface area is 97.4 Å². The van der Waals surface area contributed by atoms with Gasteiger partial charge in [0.05, 0.1) is 7.11 Å². The number of hydrogen-bond donors (Lipinski definition) is 0. The van der Waals surface area contributed by atoms with Crippen LogP contribution in [0.5, 0.6) is 11.5 Å². The minimum Gasteiger partial charge on any atom is -0.493 e. The van der Waals surface area contributed by atoms with Gasteiger partial charge in [0.2, 0.25) is 0 Å². The lowest BCUT2D eigenvalue weighted by molar-refractivity contribution is -0.132. The molecule has 0 radical (unpaired) electrons. The lowest BCUT2D eigenvalue weighted by Crippen LogP contribution is -2.05. The van der Waals surface area contributed by atoms with E-state index in [9.17, 15) is 9.59 Å². The summed E-state index contributed by atoms with van der Waals surface area (Å²) in [5, 5.41) is 0. The largest absolute Gasteiger partial charge is 0.493 e. The van der Waals surface area contributed by atoms with E-state index in [0.29, 0.717) is 0 Å². The Kier molecular flexibility index (Phi) is 4.14. The molecule has 0 unspecified atom stereocenters. The molecule has 0 aromatic heterocycles. The molecule has 6 nitrogen and oxygen atoms in total. The molecule has 0 bridgehead atoms. The van der Waals surface area contributed by atoms with E-state index in [1.807, 2.05) is 0 Å². The van der Waals surface area contributed by atoms with Gasteiger partial charge in [-0.05, 0) is 18.2 Å². The summed E-state index contributed by atoms with van der Waals surface area (Å²) in [7, 11) is 1.39. The summed E-state index contributed by atoms with van der Waals surface area (Å²) in [5.74, 6) is -0.505. The van der Waals surface area contributed by atoms with Crippen LogP contribution in [0.15, 0.2) is 18.2 Å². The second kappa shape index (κ2) is 5.58.